The number of rotatable bonds is 5. The Morgan fingerprint density at radius 2 is 1.92 bits per heavy atom. The van der Waals surface area contributed by atoms with Gasteiger partial charge in [0.1, 0.15) is 0 Å². The van der Waals surface area contributed by atoms with E-state index in [2.05, 4.69) is 29.6 Å². The number of likely N-dealkylation sites (tertiary alicyclic amines) is 1. The molecule has 1 saturated heterocycles. The molecule has 26 heavy (non-hydrogen) atoms. The summed E-state index contributed by atoms with van der Waals surface area (Å²) in [6.07, 6.45) is 2.07. The predicted octanol–water partition coefficient (Wildman–Crippen LogP) is 2.12. The Kier molecular flexibility index (Phi) is 7.42. The second kappa shape index (κ2) is 9.55. The summed E-state index contributed by atoms with van der Waals surface area (Å²) in [5.41, 5.74) is 6.44. The van der Waals surface area contributed by atoms with Gasteiger partial charge in [0, 0.05) is 26.2 Å². The van der Waals surface area contributed by atoms with E-state index < -0.39 is 0 Å². The second-order valence-corrected chi connectivity index (χ2v) is 6.62. The van der Waals surface area contributed by atoms with Crippen LogP contribution in [0.5, 0.6) is 0 Å². The van der Waals surface area contributed by atoms with Crippen molar-refractivity contribution in [2.45, 2.75) is 19.3 Å². The number of nitrogens with one attached hydrogen (secondary N) is 1. The van der Waals surface area contributed by atoms with Gasteiger partial charge in [-0.25, -0.2) is 0 Å². The minimum atomic E-state index is -0.124. The van der Waals surface area contributed by atoms with E-state index >= 15 is 0 Å². The molecular formula is C20H26ClN3O2. The summed E-state index contributed by atoms with van der Waals surface area (Å²) in [4.78, 5) is 26.6. The molecule has 6 heteroatoms. The summed E-state index contributed by atoms with van der Waals surface area (Å²) in [5, 5.41) is 5.15. The van der Waals surface area contributed by atoms with E-state index in [9.17, 15) is 9.59 Å². The average Bonchev–Trinajstić information content (AvgIpc) is 2.66. The van der Waals surface area contributed by atoms with Crippen LogP contribution < -0.4 is 11.1 Å². The molecule has 3 rings (SSSR count). The zero-order valence-corrected chi connectivity index (χ0v) is 15.6. The normalized spacial score (nSPS) is 16.8. The molecule has 3 N–H and O–H groups in total. The summed E-state index contributed by atoms with van der Waals surface area (Å²) in [6.45, 7) is 2.15. The molecule has 1 aliphatic rings. The number of nitrogens with two attached hydrogens (primary N) is 1. The average molecular weight is 376 g/mol. The van der Waals surface area contributed by atoms with Crippen molar-refractivity contribution in [3.8, 4) is 0 Å². The number of hydrogen-bond acceptors (Lipinski definition) is 3. The van der Waals surface area contributed by atoms with Crippen molar-refractivity contribution in [2.24, 2.45) is 11.7 Å². The van der Waals surface area contributed by atoms with Crippen molar-refractivity contribution in [2.75, 3.05) is 26.2 Å². The van der Waals surface area contributed by atoms with Gasteiger partial charge in [0.05, 0.1) is 12.3 Å². The van der Waals surface area contributed by atoms with Crippen LogP contribution in [-0.4, -0.2) is 42.9 Å². The monoisotopic (exact) mass is 375 g/mol. The van der Waals surface area contributed by atoms with Gasteiger partial charge in [-0.3, -0.25) is 9.59 Å². The lowest BCUT2D eigenvalue weighted by atomic mass is 9.96. The molecule has 0 saturated carbocycles. The van der Waals surface area contributed by atoms with Crippen LogP contribution in [0.25, 0.3) is 10.8 Å². The molecule has 1 atom stereocenters. The minimum absolute atomic E-state index is 0. The van der Waals surface area contributed by atoms with Gasteiger partial charge in [-0.15, -0.1) is 12.4 Å². The molecule has 1 fully saturated rings. The quantitative estimate of drug-likeness (QED) is 0.840. The van der Waals surface area contributed by atoms with Crippen LogP contribution in [0.1, 0.15) is 18.4 Å². The first kappa shape index (κ1) is 20.2. The fourth-order valence-electron chi connectivity index (χ4n) is 3.39. The first-order chi connectivity index (χ1) is 12.2. The second-order valence-electron chi connectivity index (χ2n) is 6.62. The molecule has 1 aliphatic heterocycles. The molecule has 0 aliphatic carbocycles. The molecular weight excluding hydrogens is 350 g/mol. The number of fused-ring (bicyclic) bond motifs is 1. The maximum absolute atomic E-state index is 12.7. The van der Waals surface area contributed by atoms with E-state index in [1.54, 1.807) is 0 Å². The molecule has 2 amide bonds. The smallest absolute Gasteiger partial charge is 0.227 e. The topological polar surface area (TPSA) is 75.4 Å². The molecule has 2 aromatic carbocycles. The molecule has 0 aromatic heterocycles. The number of nitrogens with zero attached hydrogens (tertiary/aromatic N) is 1. The Bertz CT molecular complexity index is 766. The van der Waals surface area contributed by atoms with Crippen molar-refractivity contribution in [1.29, 1.82) is 0 Å². The fourth-order valence-corrected chi connectivity index (χ4v) is 3.39. The predicted molar refractivity (Wildman–Crippen MR) is 106 cm³/mol. The molecule has 5 nitrogen and oxygen atoms in total. The van der Waals surface area contributed by atoms with E-state index in [-0.39, 0.29) is 30.1 Å². The standard InChI is InChI=1S/C20H25N3O2.ClH/c21-9-10-22-20(25)18-6-3-11-23(14-18)19(24)13-15-7-8-16-4-1-2-5-17(16)12-15;/h1-2,4-5,7-8,12,18H,3,6,9-11,13-14,21H2,(H,22,25);1H. The zero-order valence-electron chi connectivity index (χ0n) is 14.8. The molecule has 0 spiro atoms. The van der Waals surface area contributed by atoms with Gasteiger partial charge >= 0.3 is 0 Å². The van der Waals surface area contributed by atoms with Gasteiger partial charge < -0.3 is 16.0 Å². The van der Waals surface area contributed by atoms with Gasteiger partial charge in [-0.05, 0) is 29.2 Å². The Balaban J connectivity index is 0.00000243. The molecule has 0 radical (unpaired) electrons. The van der Waals surface area contributed by atoms with Crippen LogP contribution in [-0.2, 0) is 16.0 Å². The summed E-state index contributed by atoms with van der Waals surface area (Å²) in [5.74, 6) is -0.0267. The fraction of sp³-hybridized carbons (Fsp3) is 0.400. The van der Waals surface area contributed by atoms with Gasteiger partial charge in [-0.2, -0.15) is 0 Å². The van der Waals surface area contributed by atoms with Crippen LogP contribution >= 0.6 is 12.4 Å². The maximum Gasteiger partial charge on any atom is 0.227 e. The van der Waals surface area contributed by atoms with Gasteiger partial charge in [0.2, 0.25) is 11.8 Å². The van der Waals surface area contributed by atoms with Crippen LogP contribution in [0.4, 0.5) is 0 Å². The van der Waals surface area contributed by atoms with Gasteiger partial charge in [0.25, 0.3) is 0 Å². The van der Waals surface area contributed by atoms with Gasteiger partial charge in [-0.1, -0.05) is 42.5 Å². The van der Waals surface area contributed by atoms with E-state index in [1.807, 2.05) is 23.1 Å². The minimum Gasteiger partial charge on any atom is -0.355 e. The Hall–Kier alpha value is -2.11. The molecule has 1 heterocycles. The van der Waals surface area contributed by atoms with E-state index in [1.165, 1.54) is 5.39 Å². The summed E-state index contributed by atoms with van der Waals surface area (Å²) in [6, 6.07) is 14.3. The first-order valence-corrected chi connectivity index (χ1v) is 8.90. The summed E-state index contributed by atoms with van der Waals surface area (Å²) < 4.78 is 0. The Morgan fingerprint density at radius 1 is 1.15 bits per heavy atom. The number of benzene rings is 2. The number of carbonyl (C=O) groups is 2. The van der Waals surface area contributed by atoms with Crippen molar-refractivity contribution >= 4 is 35.0 Å². The van der Waals surface area contributed by atoms with E-state index in [0.29, 0.717) is 26.1 Å². The lowest BCUT2D eigenvalue weighted by molar-refractivity contribution is -0.135. The lowest BCUT2D eigenvalue weighted by Crippen LogP contribution is -2.46. The largest absolute Gasteiger partial charge is 0.355 e. The third-order valence-electron chi connectivity index (χ3n) is 4.76. The maximum atomic E-state index is 12.7. The summed E-state index contributed by atoms with van der Waals surface area (Å²) >= 11 is 0. The van der Waals surface area contributed by atoms with Gasteiger partial charge in [0.15, 0.2) is 0 Å². The van der Waals surface area contributed by atoms with Crippen molar-refractivity contribution in [1.82, 2.24) is 10.2 Å². The van der Waals surface area contributed by atoms with Crippen LogP contribution in [0, 0.1) is 5.92 Å². The molecule has 0 bridgehead atoms. The highest BCUT2D eigenvalue weighted by atomic mass is 35.5. The van der Waals surface area contributed by atoms with Crippen molar-refractivity contribution < 1.29 is 9.59 Å². The lowest BCUT2D eigenvalue weighted by Gasteiger charge is -2.32. The number of carbonyl (C=O) groups excluding carboxylic acids is 2. The summed E-state index contributed by atoms with van der Waals surface area (Å²) in [7, 11) is 0. The SMILES string of the molecule is Cl.NCCNC(=O)C1CCCN(C(=O)Cc2ccc3ccccc3c2)C1. The molecule has 1 unspecified atom stereocenters. The number of halogens is 1. The van der Waals surface area contributed by atoms with Crippen LogP contribution in [0.3, 0.4) is 0 Å². The number of hydrogen-bond donors (Lipinski definition) is 2. The van der Waals surface area contributed by atoms with Crippen molar-refractivity contribution in [3.05, 3.63) is 48.0 Å². The number of piperidine rings is 1. The highest BCUT2D eigenvalue weighted by molar-refractivity contribution is 5.86. The van der Waals surface area contributed by atoms with Crippen LogP contribution in [0.15, 0.2) is 42.5 Å². The third kappa shape index (κ3) is 4.96. The Morgan fingerprint density at radius 3 is 2.69 bits per heavy atom. The third-order valence-corrected chi connectivity index (χ3v) is 4.76. The number of amides is 2. The highest BCUT2D eigenvalue weighted by Gasteiger charge is 2.28. The van der Waals surface area contributed by atoms with E-state index in [4.69, 9.17) is 5.73 Å². The first-order valence-electron chi connectivity index (χ1n) is 8.90. The highest BCUT2D eigenvalue weighted by Crippen LogP contribution is 2.20. The molecule has 140 valence electrons. The molecule has 2 aromatic rings. The van der Waals surface area contributed by atoms with E-state index in [0.717, 1.165) is 30.3 Å². The van der Waals surface area contributed by atoms with Crippen molar-refractivity contribution in [3.63, 3.8) is 0 Å². The zero-order chi connectivity index (χ0) is 17.6. The Labute approximate surface area is 160 Å². The van der Waals surface area contributed by atoms with Crippen LogP contribution in [0.2, 0.25) is 0 Å².